The van der Waals surface area contributed by atoms with Gasteiger partial charge in [-0.3, -0.25) is 4.79 Å². The van der Waals surface area contributed by atoms with Crippen molar-refractivity contribution in [2.75, 3.05) is 0 Å². The Kier molecular flexibility index (Phi) is 7.35. The summed E-state index contributed by atoms with van der Waals surface area (Å²) >= 11 is 0. The molecule has 1 aromatic rings. The molecule has 0 bridgehead atoms. The van der Waals surface area contributed by atoms with Crippen LogP contribution >= 0.6 is 0 Å². The molecule has 100 valence electrons. The van der Waals surface area contributed by atoms with Crippen molar-refractivity contribution < 1.29 is 9.90 Å². The maximum absolute atomic E-state index is 11.8. The highest BCUT2D eigenvalue weighted by molar-refractivity contribution is 5.96. The van der Waals surface area contributed by atoms with Gasteiger partial charge >= 0.3 is 0 Å². The fourth-order valence-electron chi connectivity index (χ4n) is 2.04. The maximum Gasteiger partial charge on any atom is 0.165 e. The van der Waals surface area contributed by atoms with Crippen molar-refractivity contribution in [1.29, 1.82) is 0 Å². The molecular formula is C16H24O2. The zero-order valence-corrected chi connectivity index (χ0v) is 11.3. The molecule has 1 rings (SSSR count). The number of unbranched alkanes of at least 4 members (excludes halogenated alkanes) is 4. The molecule has 0 saturated carbocycles. The van der Waals surface area contributed by atoms with Gasteiger partial charge in [-0.15, -0.1) is 0 Å². The second kappa shape index (κ2) is 8.87. The minimum Gasteiger partial charge on any atom is -0.393 e. The predicted molar refractivity (Wildman–Crippen MR) is 74.8 cm³/mol. The van der Waals surface area contributed by atoms with Crippen LogP contribution in [0.15, 0.2) is 30.3 Å². The van der Waals surface area contributed by atoms with E-state index in [4.69, 9.17) is 0 Å². The lowest BCUT2D eigenvalue weighted by molar-refractivity contribution is 0.0864. The molecule has 1 aromatic carbocycles. The van der Waals surface area contributed by atoms with E-state index in [0.717, 1.165) is 19.3 Å². The topological polar surface area (TPSA) is 37.3 Å². The highest BCUT2D eigenvalue weighted by atomic mass is 16.3. The van der Waals surface area contributed by atoms with Crippen LogP contribution in [0.4, 0.5) is 0 Å². The van der Waals surface area contributed by atoms with E-state index in [1.807, 2.05) is 18.2 Å². The average molecular weight is 248 g/mol. The van der Waals surface area contributed by atoms with E-state index in [-0.39, 0.29) is 12.2 Å². The first-order valence-electron chi connectivity index (χ1n) is 7.00. The van der Waals surface area contributed by atoms with Gasteiger partial charge in [0.2, 0.25) is 0 Å². The summed E-state index contributed by atoms with van der Waals surface area (Å²) in [5.41, 5.74) is 0.697. The number of ketones is 1. The summed E-state index contributed by atoms with van der Waals surface area (Å²) in [6, 6.07) is 9.20. The smallest absolute Gasteiger partial charge is 0.165 e. The lowest BCUT2D eigenvalue weighted by Crippen LogP contribution is -2.13. The van der Waals surface area contributed by atoms with E-state index < -0.39 is 6.10 Å². The summed E-state index contributed by atoms with van der Waals surface area (Å²) in [7, 11) is 0. The highest BCUT2D eigenvalue weighted by Crippen LogP contribution is 2.12. The van der Waals surface area contributed by atoms with Crippen LogP contribution in [0.2, 0.25) is 0 Å². The first kappa shape index (κ1) is 14.9. The fourth-order valence-corrected chi connectivity index (χ4v) is 2.04. The van der Waals surface area contributed by atoms with Gasteiger partial charge in [0.05, 0.1) is 6.10 Å². The molecule has 0 spiro atoms. The van der Waals surface area contributed by atoms with Crippen LogP contribution in [0.25, 0.3) is 0 Å². The van der Waals surface area contributed by atoms with Crippen molar-refractivity contribution in [2.24, 2.45) is 0 Å². The molecular weight excluding hydrogens is 224 g/mol. The normalized spacial score (nSPS) is 12.3. The van der Waals surface area contributed by atoms with Gasteiger partial charge < -0.3 is 5.11 Å². The van der Waals surface area contributed by atoms with Gasteiger partial charge in [-0.2, -0.15) is 0 Å². The van der Waals surface area contributed by atoms with Crippen molar-refractivity contribution in [3.63, 3.8) is 0 Å². The summed E-state index contributed by atoms with van der Waals surface area (Å²) in [6.07, 6.45) is 6.40. The van der Waals surface area contributed by atoms with Crippen molar-refractivity contribution in [3.8, 4) is 0 Å². The second-order valence-electron chi connectivity index (χ2n) is 4.85. The van der Waals surface area contributed by atoms with E-state index in [1.165, 1.54) is 19.3 Å². The zero-order chi connectivity index (χ0) is 13.2. The maximum atomic E-state index is 11.8. The molecule has 1 N–H and O–H groups in total. The molecule has 2 heteroatoms. The molecule has 0 aliphatic rings. The third kappa shape index (κ3) is 5.97. The minimum absolute atomic E-state index is 0.0386. The molecule has 2 nitrogen and oxygen atoms in total. The SMILES string of the molecule is CCCCCCCC(O)CC(=O)c1ccccc1. The van der Waals surface area contributed by atoms with Gasteiger partial charge in [0.1, 0.15) is 0 Å². The van der Waals surface area contributed by atoms with Crippen molar-refractivity contribution in [2.45, 2.75) is 58.0 Å². The van der Waals surface area contributed by atoms with Gasteiger partial charge in [0.15, 0.2) is 5.78 Å². The molecule has 0 saturated heterocycles. The third-order valence-electron chi connectivity index (χ3n) is 3.16. The lowest BCUT2D eigenvalue weighted by atomic mass is 10.0. The van der Waals surface area contributed by atoms with Crippen molar-refractivity contribution in [3.05, 3.63) is 35.9 Å². The van der Waals surface area contributed by atoms with Crippen LogP contribution < -0.4 is 0 Å². The summed E-state index contributed by atoms with van der Waals surface area (Å²) in [5.74, 6) is 0.0386. The lowest BCUT2D eigenvalue weighted by Gasteiger charge is -2.09. The number of benzene rings is 1. The molecule has 0 aliphatic carbocycles. The Morgan fingerprint density at radius 2 is 1.78 bits per heavy atom. The first-order valence-corrected chi connectivity index (χ1v) is 7.00. The van der Waals surface area contributed by atoms with E-state index in [0.29, 0.717) is 5.56 Å². The van der Waals surface area contributed by atoms with Gasteiger partial charge in [-0.25, -0.2) is 0 Å². The molecule has 0 fully saturated rings. The molecule has 0 amide bonds. The van der Waals surface area contributed by atoms with Crippen molar-refractivity contribution in [1.82, 2.24) is 0 Å². The predicted octanol–water partition coefficient (Wildman–Crippen LogP) is 3.98. The quantitative estimate of drug-likeness (QED) is 0.530. The fraction of sp³-hybridized carbons (Fsp3) is 0.562. The van der Waals surface area contributed by atoms with Gasteiger partial charge in [-0.1, -0.05) is 69.4 Å². The molecule has 1 atom stereocenters. The highest BCUT2D eigenvalue weighted by Gasteiger charge is 2.11. The molecule has 18 heavy (non-hydrogen) atoms. The Hall–Kier alpha value is -1.15. The summed E-state index contributed by atoms with van der Waals surface area (Å²) in [5, 5.41) is 9.82. The standard InChI is InChI=1S/C16H24O2/c1-2-3-4-5-9-12-15(17)13-16(18)14-10-7-6-8-11-14/h6-8,10-11,15,17H,2-5,9,12-13H2,1H3. The van der Waals surface area contributed by atoms with Crippen LogP contribution in [-0.4, -0.2) is 17.0 Å². The van der Waals surface area contributed by atoms with Gasteiger partial charge in [-0.05, 0) is 6.42 Å². The van der Waals surface area contributed by atoms with E-state index in [2.05, 4.69) is 6.92 Å². The van der Waals surface area contributed by atoms with E-state index >= 15 is 0 Å². The van der Waals surface area contributed by atoms with Crippen LogP contribution in [0.5, 0.6) is 0 Å². The van der Waals surface area contributed by atoms with E-state index in [1.54, 1.807) is 12.1 Å². The van der Waals surface area contributed by atoms with E-state index in [9.17, 15) is 9.90 Å². The van der Waals surface area contributed by atoms with Crippen LogP contribution in [0, 0.1) is 0 Å². The van der Waals surface area contributed by atoms with Gasteiger partial charge in [0, 0.05) is 12.0 Å². The average Bonchev–Trinajstić information content (AvgIpc) is 2.39. The third-order valence-corrected chi connectivity index (χ3v) is 3.16. The van der Waals surface area contributed by atoms with Crippen LogP contribution in [0.1, 0.15) is 62.2 Å². The number of carbonyl (C=O) groups is 1. The molecule has 0 radical (unpaired) electrons. The monoisotopic (exact) mass is 248 g/mol. The number of rotatable bonds is 9. The Labute approximate surface area is 110 Å². The molecule has 0 heterocycles. The Bertz CT molecular complexity index is 332. The number of aliphatic hydroxyl groups is 1. The number of aliphatic hydroxyl groups excluding tert-OH is 1. The Morgan fingerprint density at radius 3 is 2.44 bits per heavy atom. The van der Waals surface area contributed by atoms with Gasteiger partial charge in [0.25, 0.3) is 0 Å². The Morgan fingerprint density at radius 1 is 1.11 bits per heavy atom. The number of hydrogen-bond acceptors (Lipinski definition) is 2. The largest absolute Gasteiger partial charge is 0.393 e. The summed E-state index contributed by atoms with van der Waals surface area (Å²) in [4.78, 5) is 11.8. The zero-order valence-electron chi connectivity index (χ0n) is 11.3. The van der Waals surface area contributed by atoms with Crippen LogP contribution in [0.3, 0.4) is 0 Å². The minimum atomic E-state index is -0.487. The molecule has 0 aromatic heterocycles. The number of carbonyl (C=O) groups excluding carboxylic acids is 1. The summed E-state index contributed by atoms with van der Waals surface area (Å²) < 4.78 is 0. The summed E-state index contributed by atoms with van der Waals surface area (Å²) in [6.45, 7) is 2.19. The first-order chi connectivity index (χ1) is 8.74. The number of hydrogen-bond donors (Lipinski definition) is 1. The Balaban J connectivity index is 2.20. The number of Topliss-reactive ketones (excluding diaryl/α,β-unsaturated/α-hetero) is 1. The van der Waals surface area contributed by atoms with Crippen molar-refractivity contribution >= 4 is 5.78 Å². The van der Waals surface area contributed by atoms with Crippen LogP contribution in [-0.2, 0) is 0 Å². The molecule has 1 unspecified atom stereocenters. The molecule has 0 aliphatic heterocycles. The second-order valence-corrected chi connectivity index (χ2v) is 4.85.